The van der Waals surface area contributed by atoms with Crippen molar-refractivity contribution in [2.75, 3.05) is 0 Å². The lowest BCUT2D eigenvalue weighted by Gasteiger charge is -2.73. The molecule has 0 aliphatic heterocycles. The molecule has 1 amide bonds. The fourth-order valence-electron chi connectivity index (χ4n) is 14.1. The van der Waals surface area contributed by atoms with Gasteiger partial charge in [0.15, 0.2) is 0 Å². The van der Waals surface area contributed by atoms with Gasteiger partial charge >= 0.3 is 11.9 Å². The number of esters is 1. The number of aliphatic carboxylic acids is 1. The Morgan fingerprint density at radius 2 is 1.63 bits per heavy atom. The summed E-state index contributed by atoms with van der Waals surface area (Å²) in [5.41, 5.74) is 6.62. The first-order valence-electron chi connectivity index (χ1n) is 19.9. The second-order valence-electron chi connectivity index (χ2n) is 20.2. The summed E-state index contributed by atoms with van der Waals surface area (Å²) in [4.78, 5) is 38.5. The predicted octanol–water partition coefficient (Wildman–Crippen LogP) is 8.30. The van der Waals surface area contributed by atoms with Crippen LogP contribution in [0.5, 0.6) is 0 Å². The van der Waals surface area contributed by atoms with E-state index in [1.54, 1.807) is 13.8 Å². The van der Waals surface area contributed by atoms with Crippen molar-refractivity contribution in [1.29, 1.82) is 0 Å². The maximum atomic E-state index is 13.7. The molecule has 0 saturated heterocycles. The average molecular weight is 681 g/mol. The summed E-state index contributed by atoms with van der Waals surface area (Å²) in [5, 5.41) is 13.0. The molecule has 6 rings (SSSR count). The first kappa shape index (κ1) is 36.9. The minimum Gasteiger partial charge on any atom is -0.481 e. The van der Waals surface area contributed by atoms with Crippen LogP contribution in [-0.2, 0) is 19.1 Å². The van der Waals surface area contributed by atoms with Crippen LogP contribution in [0.1, 0.15) is 145 Å². The van der Waals surface area contributed by atoms with E-state index in [4.69, 9.17) is 10.5 Å². The zero-order valence-electron chi connectivity index (χ0n) is 32.0. The van der Waals surface area contributed by atoms with Crippen molar-refractivity contribution in [3.63, 3.8) is 0 Å². The number of rotatable bonds is 8. The van der Waals surface area contributed by atoms with Crippen molar-refractivity contribution in [3.05, 3.63) is 12.2 Å². The van der Waals surface area contributed by atoms with Gasteiger partial charge in [-0.3, -0.25) is 14.4 Å². The molecule has 0 spiro atoms. The molecule has 6 saturated carbocycles. The van der Waals surface area contributed by atoms with Crippen molar-refractivity contribution in [3.8, 4) is 0 Å². The second-order valence-corrected chi connectivity index (χ2v) is 20.2. The van der Waals surface area contributed by atoms with Crippen LogP contribution >= 0.6 is 0 Å². The van der Waals surface area contributed by atoms with Crippen molar-refractivity contribution >= 4 is 17.8 Å². The molecule has 0 aromatic carbocycles. The smallest absolute Gasteiger partial charge is 0.309 e. The highest BCUT2D eigenvalue weighted by Crippen LogP contribution is 2.77. The molecule has 0 bridgehead atoms. The van der Waals surface area contributed by atoms with Crippen molar-refractivity contribution in [2.24, 2.45) is 74.2 Å². The van der Waals surface area contributed by atoms with Crippen molar-refractivity contribution < 1.29 is 24.2 Å². The van der Waals surface area contributed by atoms with Crippen LogP contribution in [0.4, 0.5) is 0 Å². The molecule has 276 valence electrons. The van der Waals surface area contributed by atoms with Gasteiger partial charge in [-0.15, -0.1) is 0 Å². The van der Waals surface area contributed by atoms with Crippen molar-refractivity contribution in [2.45, 2.75) is 163 Å². The van der Waals surface area contributed by atoms with Gasteiger partial charge in [0, 0.05) is 23.9 Å². The first-order chi connectivity index (χ1) is 22.7. The third-order valence-corrected chi connectivity index (χ3v) is 16.8. The molecule has 1 unspecified atom stereocenters. The number of allylic oxidation sites excluding steroid dienone is 1. The predicted molar refractivity (Wildman–Crippen MR) is 193 cm³/mol. The van der Waals surface area contributed by atoms with Crippen LogP contribution in [0.15, 0.2) is 12.2 Å². The van der Waals surface area contributed by atoms with E-state index < -0.39 is 17.4 Å². The van der Waals surface area contributed by atoms with Gasteiger partial charge < -0.3 is 20.9 Å². The van der Waals surface area contributed by atoms with E-state index in [0.29, 0.717) is 47.8 Å². The largest absolute Gasteiger partial charge is 0.481 e. The van der Waals surface area contributed by atoms with E-state index in [-0.39, 0.29) is 52.2 Å². The maximum Gasteiger partial charge on any atom is 0.309 e. The lowest BCUT2D eigenvalue weighted by atomic mass is 9.32. The number of hydrogen-bond acceptors (Lipinski definition) is 5. The second kappa shape index (κ2) is 12.7. The highest BCUT2D eigenvalue weighted by Gasteiger charge is 2.70. The fourth-order valence-corrected chi connectivity index (χ4v) is 14.1. The molecule has 6 aliphatic carbocycles. The molecule has 7 heteroatoms. The van der Waals surface area contributed by atoms with Gasteiger partial charge in [-0.05, 0) is 155 Å². The van der Waals surface area contributed by atoms with Gasteiger partial charge in [-0.1, -0.05) is 46.8 Å². The Morgan fingerprint density at radius 1 is 0.918 bits per heavy atom. The number of nitrogens with two attached hydrogens (primary N) is 1. The summed E-state index contributed by atoms with van der Waals surface area (Å²) in [6.07, 6.45) is 13.4. The third-order valence-electron chi connectivity index (χ3n) is 16.8. The van der Waals surface area contributed by atoms with Gasteiger partial charge in [-0.2, -0.15) is 0 Å². The summed E-state index contributed by atoms with van der Waals surface area (Å²) in [7, 11) is 0. The lowest BCUT2D eigenvalue weighted by molar-refractivity contribution is -0.249. The molecule has 7 nitrogen and oxygen atoms in total. The van der Waals surface area contributed by atoms with E-state index >= 15 is 0 Å². The van der Waals surface area contributed by atoms with Gasteiger partial charge in [-0.25, -0.2) is 0 Å². The molecule has 6 aliphatic rings. The summed E-state index contributed by atoms with van der Waals surface area (Å²) >= 11 is 0. The van der Waals surface area contributed by atoms with Gasteiger partial charge in [0.2, 0.25) is 5.91 Å². The molecular formula is C42H68N2O5. The number of amides is 1. The van der Waals surface area contributed by atoms with Crippen LogP contribution in [0.3, 0.4) is 0 Å². The molecule has 0 aromatic heterocycles. The Labute approximate surface area is 296 Å². The normalized spacial score (nSPS) is 45.7. The van der Waals surface area contributed by atoms with E-state index in [2.05, 4.69) is 53.4 Å². The minimum absolute atomic E-state index is 0.113. The Hall–Kier alpha value is -1.89. The van der Waals surface area contributed by atoms with Crippen LogP contribution < -0.4 is 11.1 Å². The number of ether oxygens (including phenoxy) is 1. The summed E-state index contributed by atoms with van der Waals surface area (Å²) < 4.78 is 6.18. The zero-order valence-corrected chi connectivity index (χ0v) is 32.0. The Balaban J connectivity index is 1.25. The molecule has 6 fully saturated rings. The maximum absolute atomic E-state index is 13.7. The molecule has 49 heavy (non-hydrogen) atoms. The Kier molecular flexibility index (Phi) is 9.53. The number of fused-ring (bicyclic) bond motifs is 7. The van der Waals surface area contributed by atoms with Crippen LogP contribution in [0.2, 0.25) is 0 Å². The first-order valence-corrected chi connectivity index (χ1v) is 19.9. The number of hydrogen-bond donors (Lipinski definition) is 3. The highest BCUT2D eigenvalue weighted by molar-refractivity contribution is 5.81. The van der Waals surface area contributed by atoms with Gasteiger partial charge in [0.05, 0.1) is 11.8 Å². The average Bonchev–Trinajstić information content (AvgIpc) is 3.61. The molecule has 4 N–H and O–H groups in total. The third kappa shape index (κ3) is 6.02. The number of carboxylic acid groups (broad SMARTS) is 1. The van der Waals surface area contributed by atoms with Crippen molar-refractivity contribution in [1.82, 2.24) is 5.32 Å². The van der Waals surface area contributed by atoms with E-state index in [1.807, 2.05) is 0 Å². The quantitative estimate of drug-likeness (QED) is 0.175. The van der Waals surface area contributed by atoms with Gasteiger partial charge in [0.25, 0.3) is 0 Å². The molecule has 13 atom stereocenters. The minimum atomic E-state index is -1.14. The monoisotopic (exact) mass is 681 g/mol. The number of carboxylic acids is 1. The Bertz CT molecular complexity index is 1340. The number of nitrogens with one attached hydrogen (secondary N) is 1. The molecule has 0 heterocycles. The summed E-state index contributed by atoms with van der Waals surface area (Å²) in [5.74, 6) is 2.66. The zero-order chi connectivity index (χ0) is 35.9. The van der Waals surface area contributed by atoms with Crippen LogP contribution in [-0.4, -0.2) is 41.1 Å². The SMILES string of the molecule is C=C(C)[C@@H]1CCC2[C@@H](CC(=O)N[C@H]3CC[C@H](N)C3)C[C@]3(C)[C@H](CC[C@@H]4[C@@]5(C)CC[C@H](OC(=O)CC(C)(C)C(=O)O)C(C)(C)[C@@H]5CC[C@]43C)[C@H]21. The number of carbonyl (C=O) groups excluding carboxylic acids is 2. The van der Waals surface area contributed by atoms with Crippen LogP contribution in [0.25, 0.3) is 0 Å². The fraction of sp³-hybridized carbons (Fsp3) is 0.881. The van der Waals surface area contributed by atoms with Crippen LogP contribution in [0, 0.1) is 68.5 Å². The van der Waals surface area contributed by atoms with E-state index in [1.165, 1.54) is 31.3 Å². The Morgan fingerprint density at radius 3 is 2.27 bits per heavy atom. The summed E-state index contributed by atoms with van der Waals surface area (Å²) in [6.45, 7) is 22.4. The summed E-state index contributed by atoms with van der Waals surface area (Å²) in [6, 6.07) is 0.437. The van der Waals surface area contributed by atoms with E-state index in [9.17, 15) is 19.5 Å². The van der Waals surface area contributed by atoms with Gasteiger partial charge in [0.1, 0.15) is 6.10 Å². The van der Waals surface area contributed by atoms with E-state index in [0.717, 1.165) is 51.4 Å². The highest BCUT2D eigenvalue weighted by atomic mass is 16.5. The number of carbonyl (C=O) groups is 3. The standard InChI is InChI=1S/C42H68N2O5/c1-24(2)28-12-13-29-25(20-34(45)44-27-11-10-26(43)21-27)22-42(9)30(36(28)29)14-15-32-40(7)18-17-33(49-35(46)23-38(3,4)37(47)48)39(5,6)31(40)16-19-41(32,42)8/h25-33,36H,1,10-23,43H2,2-9H3,(H,44,45)(H,47,48)/t25-,26-,27-,28-,29?,30+,31-,32+,33-,36-,40-,41+,42+/m0/s1. The molecule has 0 aromatic rings. The molecular weight excluding hydrogens is 612 g/mol. The topological polar surface area (TPSA) is 119 Å². The molecule has 0 radical (unpaired) electrons. The lowest BCUT2D eigenvalue weighted by Crippen LogP contribution is -2.66.